The summed E-state index contributed by atoms with van der Waals surface area (Å²) in [6.45, 7) is 0.899. The van der Waals surface area contributed by atoms with Crippen molar-refractivity contribution in [1.29, 1.82) is 0 Å². The van der Waals surface area contributed by atoms with Gasteiger partial charge in [0.2, 0.25) is 0 Å². The van der Waals surface area contributed by atoms with Crippen LogP contribution in [-0.2, 0) is 4.74 Å². The van der Waals surface area contributed by atoms with Crippen LogP contribution in [0.5, 0.6) is 0 Å². The summed E-state index contributed by atoms with van der Waals surface area (Å²) >= 11 is 1.74. The monoisotopic (exact) mass is 218 g/mol. The van der Waals surface area contributed by atoms with Gasteiger partial charge in [0, 0.05) is 11.1 Å². The Balaban J connectivity index is 1.93. The van der Waals surface area contributed by atoms with Crippen LogP contribution in [-0.4, -0.2) is 28.4 Å². The number of epoxide rings is 1. The molecular formula is C11H10N2OS. The summed E-state index contributed by atoms with van der Waals surface area (Å²) in [5.41, 5.74) is 1.01. The molecule has 76 valence electrons. The van der Waals surface area contributed by atoms with E-state index in [4.69, 9.17) is 4.74 Å². The number of fused-ring (bicyclic) bond motifs is 1. The second kappa shape index (κ2) is 3.79. The minimum atomic E-state index is 0.434. The number of para-hydroxylation sites is 1. The third kappa shape index (κ3) is 1.96. The van der Waals surface area contributed by atoms with Gasteiger partial charge in [0.15, 0.2) is 0 Å². The molecular weight excluding hydrogens is 208 g/mol. The summed E-state index contributed by atoms with van der Waals surface area (Å²) in [5.74, 6) is 0.987. The van der Waals surface area contributed by atoms with E-state index in [1.807, 2.05) is 18.2 Å². The molecule has 0 N–H and O–H groups in total. The van der Waals surface area contributed by atoms with E-state index >= 15 is 0 Å². The smallest absolute Gasteiger partial charge is 0.117 e. The first kappa shape index (κ1) is 9.12. The largest absolute Gasteiger partial charge is 0.372 e. The van der Waals surface area contributed by atoms with Crippen molar-refractivity contribution in [1.82, 2.24) is 9.97 Å². The van der Waals surface area contributed by atoms with Crippen LogP contribution < -0.4 is 0 Å². The molecule has 0 bridgehead atoms. The van der Waals surface area contributed by atoms with Crippen molar-refractivity contribution >= 4 is 22.7 Å². The summed E-state index contributed by atoms with van der Waals surface area (Å²) < 4.78 is 5.18. The second-order valence-corrected chi connectivity index (χ2v) is 4.47. The first-order valence-corrected chi connectivity index (χ1v) is 5.86. The molecule has 1 aromatic heterocycles. The lowest BCUT2D eigenvalue weighted by Gasteiger charge is -2.02. The molecule has 0 spiro atoms. The van der Waals surface area contributed by atoms with Crippen LogP contribution >= 0.6 is 11.8 Å². The van der Waals surface area contributed by atoms with Crippen LogP contribution in [0, 0.1) is 0 Å². The fourth-order valence-corrected chi connectivity index (χ4v) is 2.42. The zero-order chi connectivity index (χ0) is 10.1. The maximum absolute atomic E-state index is 5.18. The first-order chi connectivity index (χ1) is 7.43. The number of ether oxygens (including phenoxy) is 1. The van der Waals surface area contributed by atoms with Gasteiger partial charge in [0.1, 0.15) is 11.4 Å². The highest BCUT2D eigenvalue weighted by molar-refractivity contribution is 7.99. The highest BCUT2D eigenvalue weighted by atomic mass is 32.2. The van der Waals surface area contributed by atoms with Gasteiger partial charge in [-0.2, -0.15) is 0 Å². The quantitative estimate of drug-likeness (QED) is 0.449. The van der Waals surface area contributed by atoms with Crippen LogP contribution in [0.3, 0.4) is 0 Å². The molecule has 0 amide bonds. The number of aromatic nitrogens is 2. The van der Waals surface area contributed by atoms with Crippen molar-refractivity contribution in [2.45, 2.75) is 11.1 Å². The minimum Gasteiger partial charge on any atom is -0.372 e. The molecule has 1 saturated heterocycles. The number of hydrogen-bond acceptors (Lipinski definition) is 4. The molecule has 1 fully saturated rings. The average molecular weight is 218 g/mol. The molecule has 0 aliphatic carbocycles. The van der Waals surface area contributed by atoms with Gasteiger partial charge in [0.05, 0.1) is 18.2 Å². The summed E-state index contributed by atoms with van der Waals surface area (Å²) in [4.78, 5) is 8.53. The second-order valence-electron chi connectivity index (χ2n) is 3.46. The zero-order valence-electron chi connectivity index (χ0n) is 8.09. The van der Waals surface area contributed by atoms with Crippen molar-refractivity contribution in [2.75, 3.05) is 12.4 Å². The van der Waals surface area contributed by atoms with Gasteiger partial charge < -0.3 is 4.74 Å². The summed E-state index contributed by atoms with van der Waals surface area (Å²) in [5, 5.41) is 2.18. The van der Waals surface area contributed by atoms with Crippen molar-refractivity contribution in [3.63, 3.8) is 0 Å². The standard InChI is InChI=1S/C11H10N2OS/c1-2-4-10-9(3-1)11(13-7-12-10)15-6-8-5-14-8/h1-4,7-8H,5-6H2/t8-/m0/s1. The number of rotatable bonds is 3. The average Bonchev–Trinajstić information content (AvgIpc) is 3.10. The molecule has 3 nitrogen and oxygen atoms in total. The lowest BCUT2D eigenvalue weighted by atomic mass is 10.2. The Morgan fingerprint density at radius 1 is 1.33 bits per heavy atom. The Kier molecular flexibility index (Phi) is 2.31. The fourth-order valence-electron chi connectivity index (χ4n) is 1.43. The van der Waals surface area contributed by atoms with Crippen LogP contribution in [0.1, 0.15) is 0 Å². The van der Waals surface area contributed by atoms with Crippen molar-refractivity contribution in [3.8, 4) is 0 Å². The predicted molar refractivity (Wildman–Crippen MR) is 60.0 cm³/mol. The Hall–Kier alpha value is -1.13. The molecule has 0 saturated carbocycles. The SMILES string of the molecule is c1ccc2c(SC[C@@H]3CO3)ncnc2c1. The van der Waals surface area contributed by atoms with Gasteiger partial charge in [-0.3, -0.25) is 0 Å². The maximum Gasteiger partial charge on any atom is 0.117 e. The van der Waals surface area contributed by atoms with Crippen LogP contribution in [0.2, 0.25) is 0 Å². The van der Waals surface area contributed by atoms with E-state index in [2.05, 4.69) is 16.0 Å². The molecule has 1 aliphatic rings. The fraction of sp³-hybridized carbons (Fsp3) is 0.273. The zero-order valence-corrected chi connectivity index (χ0v) is 8.91. The van der Waals surface area contributed by atoms with E-state index in [1.54, 1.807) is 18.1 Å². The first-order valence-electron chi connectivity index (χ1n) is 4.87. The van der Waals surface area contributed by atoms with Gasteiger partial charge in [0.25, 0.3) is 0 Å². The molecule has 2 heterocycles. The summed E-state index contributed by atoms with van der Waals surface area (Å²) in [6, 6.07) is 8.08. The Labute approximate surface area is 91.9 Å². The summed E-state index contributed by atoms with van der Waals surface area (Å²) in [6.07, 6.45) is 2.06. The molecule has 1 aromatic carbocycles. The normalized spacial score (nSPS) is 19.3. The van der Waals surface area contributed by atoms with E-state index in [9.17, 15) is 0 Å². The van der Waals surface area contributed by atoms with Crippen molar-refractivity contribution < 1.29 is 4.74 Å². The lowest BCUT2D eigenvalue weighted by molar-refractivity contribution is 0.426. The van der Waals surface area contributed by atoms with E-state index in [-0.39, 0.29) is 0 Å². The molecule has 1 aliphatic heterocycles. The molecule has 15 heavy (non-hydrogen) atoms. The van der Waals surface area contributed by atoms with Crippen LogP contribution in [0.4, 0.5) is 0 Å². The van der Waals surface area contributed by atoms with E-state index in [0.29, 0.717) is 6.10 Å². The van der Waals surface area contributed by atoms with E-state index in [0.717, 1.165) is 28.3 Å². The molecule has 1 atom stereocenters. The maximum atomic E-state index is 5.18. The van der Waals surface area contributed by atoms with E-state index < -0.39 is 0 Å². The summed E-state index contributed by atoms with van der Waals surface area (Å²) in [7, 11) is 0. The molecule has 4 heteroatoms. The highest BCUT2D eigenvalue weighted by Gasteiger charge is 2.22. The number of hydrogen-bond donors (Lipinski definition) is 0. The predicted octanol–water partition coefficient (Wildman–Crippen LogP) is 2.12. The van der Waals surface area contributed by atoms with Gasteiger partial charge in [-0.25, -0.2) is 9.97 Å². The molecule has 0 radical (unpaired) electrons. The van der Waals surface area contributed by atoms with Crippen LogP contribution in [0.25, 0.3) is 10.9 Å². The Bertz CT molecular complexity index is 479. The van der Waals surface area contributed by atoms with E-state index in [1.165, 1.54) is 0 Å². The minimum absolute atomic E-state index is 0.434. The Morgan fingerprint density at radius 3 is 3.07 bits per heavy atom. The number of thioether (sulfide) groups is 1. The van der Waals surface area contributed by atoms with Gasteiger partial charge in [-0.15, -0.1) is 11.8 Å². The van der Waals surface area contributed by atoms with Gasteiger partial charge >= 0.3 is 0 Å². The molecule has 2 aromatic rings. The number of benzene rings is 1. The molecule has 0 unspecified atom stereocenters. The van der Waals surface area contributed by atoms with Gasteiger partial charge in [-0.05, 0) is 6.07 Å². The highest BCUT2D eigenvalue weighted by Crippen LogP contribution is 2.27. The third-order valence-corrected chi connectivity index (χ3v) is 3.45. The van der Waals surface area contributed by atoms with Crippen molar-refractivity contribution in [2.24, 2.45) is 0 Å². The molecule has 3 rings (SSSR count). The number of nitrogens with zero attached hydrogens (tertiary/aromatic N) is 2. The van der Waals surface area contributed by atoms with Crippen LogP contribution in [0.15, 0.2) is 35.6 Å². The topological polar surface area (TPSA) is 38.3 Å². The van der Waals surface area contributed by atoms with Gasteiger partial charge in [-0.1, -0.05) is 18.2 Å². The lowest BCUT2D eigenvalue weighted by Crippen LogP contribution is -1.92. The third-order valence-electron chi connectivity index (χ3n) is 2.31. The Morgan fingerprint density at radius 2 is 2.20 bits per heavy atom. The van der Waals surface area contributed by atoms with Crippen molar-refractivity contribution in [3.05, 3.63) is 30.6 Å².